The van der Waals surface area contributed by atoms with E-state index < -0.39 is 10.0 Å². The molecular formula is C13H15ClN2O3S. The molecule has 0 saturated carbocycles. The van der Waals surface area contributed by atoms with Gasteiger partial charge in [0.15, 0.2) is 0 Å². The highest BCUT2D eigenvalue weighted by molar-refractivity contribution is 7.89. The summed E-state index contributed by atoms with van der Waals surface area (Å²) in [6.45, 7) is 1.75. The number of furan rings is 1. The number of halogens is 1. The molecule has 1 aromatic heterocycles. The average Bonchev–Trinajstić information content (AvgIpc) is 2.84. The molecule has 0 fully saturated rings. The summed E-state index contributed by atoms with van der Waals surface area (Å²) in [7, 11) is -3.72. The molecule has 2 rings (SSSR count). The molecule has 0 aliphatic carbocycles. The van der Waals surface area contributed by atoms with Crippen LogP contribution in [0.2, 0.25) is 5.02 Å². The summed E-state index contributed by atoms with van der Waals surface area (Å²) in [5.41, 5.74) is 5.85. The largest absolute Gasteiger partial charge is 0.469 e. The fourth-order valence-corrected chi connectivity index (χ4v) is 3.48. The van der Waals surface area contributed by atoms with Crippen molar-refractivity contribution in [1.29, 1.82) is 0 Å². The van der Waals surface area contributed by atoms with Crippen molar-refractivity contribution in [2.24, 2.45) is 0 Å². The molecule has 7 heteroatoms. The van der Waals surface area contributed by atoms with E-state index in [0.29, 0.717) is 17.2 Å². The van der Waals surface area contributed by atoms with Crippen LogP contribution in [0, 0.1) is 0 Å². The summed E-state index contributed by atoms with van der Waals surface area (Å²) in [6, 6.07) is 7.56. The smallest absolute Gasteiger partial charge is 0.242 e. The third kappa shape index (κ3) is 3.53. The number of nitrogen functional groups attached to an aromatic ring is 1. The Morgan fingerprint density at radius 2 is 2.15 bits per heavy atom. The predicted molar refractivity (Wildman–Crippen MR) is 78.1 cm³/mol. The van der Waals surface area contributed by atoms with Crippen LogP contribution >= 0.6 is 11.6 Å². The minimum absolute atomic E-state index is 0.0173. The highest BCUT2D eigenvalue weighted by Gasteiger charge is 2.21. The molecule has 3 N–H and O–H groups in total. The van der Waals surface area contributed by atoms with Gasteiger partial charge in [0.05, 0.1) is 12.0 Å². The summed E-state index contributed by atoms with van der Waals surface area (Å²) >= 11 is 5.81. The van der Waals surface area contributed by atoms with E-state index in [-0.39, 0.29) is 16.6 Å². The predicted octanol–water partition coefficient (Wildman–Crippen LogP) is 2.42. The van der Waals surface area contributed by atoms with E-state index >= 15 is 0 Å². The standard InChI is InChI=1S/C13H15ClN2O3S/c1-9(7-11-3-2-6-19-11)16-20(17,18)13-8-10(14)4-5-12(13)15/h2-6,8-9,16H,7,15H2,1H3. The van der Waals surface area contributed by atoms with Crippen LogP contribution in [0.4, 0.5) is 5.69 Å². The lowest BCUT2D eigenvalue weighted by Gasteiger charge is -2.14. The molecule has 0 aliphatic heterocycles. The number of nitrogens with two attached hydrogens (primary N) is 1. The highest BCUT2D eigenvalue weighted by Crippen LogP contribution is 2.22. The maximum absolute atomic E-state index is 12.3. The van der Waals surface area contributed by atoms with E-state index in [0.717, 1.165) is 0 Å². The van der Waals surface area contributed by atoms with Crippen LogP contribution in [0.15, 0.2) is 45.9 Å². The minimum Gasteiger partial charge on any atom is -0.469 e. The Bertz CT molecular complexity index is 684. The topological polar surface area (TPSA) is 85.3 Å². The second kappa shape index (κ2) is 5.87. The normalized spacial score (nSPS) is 13.3. The van der Waals surface area contributed by atoms with Gasteiger partial charge in [-0.1, -0.05) is 11.6 Å². The fourth-order valence-electron chi connectivity index (χ4n) is 1.84. The van der Waals surface area contributed by atoms with E-state index in [1.807, 2.05) is 0 Å². The van der Waals surface area contributed by atoms with Gasteiger partial charge in [0, 0.05) is 17.5 Å². The van der Waals surface area contributed by atoms with Crippen molar-refractivity contribution in [2.45, 2.75) is 24.3 Å². The van der Waals surface area contributed by atoms with Crippen LogP contribution < -0.4 is 10.5 Å². The van der Waals surface area contributed by atoms with Crippen LogP contribution in [-0.2, 0) is 16.4 Å². The lowest BCUT2D eigenvalue weighted by molar-refractivity contribution is 0.479. The summed E-state index contributed by atoms with van der Waals surface area (Å²) in [5.74, 6) is 0.708. The maximum Gasteiger partial charge on any atom is 0.242 e. The monoisotopic (exact) mass is 314 g/mol. The Morgan fingerprint density at radius 3 is 2.80 bits per heavy atom. The molecule has 0 amide bonds. The van der Waals surface area contributed by atoms with Crippen molar-refractivity contribution in [3.05, 3.63) is 47.4 Å². The van der Waals surface area contributed by atoms with E-state index in [2.05, 4.69) is 4.72 Å². The van der Waals surface area contributed by atoms with Crippen molar-refractivity contribution < 1.29 is 12.8 Å². The quantitative estimate of drug-likeness (QED) is 0.830. The molecule has 0 bridgehead atoms. The van der Waals surface area contributed by atoms with Gasteiger partial charge in [-0.3, -0.25) is 0 Å². The van der Waals surface area contributed by atoms with Gasteiger partial charge in [-0.05, 0) is 37.3 Å². The molecule has 20 heavy (non-hydrogen) atoms. The van der Waals surface area contributed by atoms with Crippen LogP contribution in [0.25, 0.3) is 0 Å². The van der Waals surface area contributed by atoms with Crippen LogP contribution in [0.5, 0.6) is 0 Å². The van der Waals surface area contributed by atoms with Gasteiger partial charge in [-0.2, -0.15) is 0 Å². The molecule has 0 aliphatic rings. The number of nitrogens with one attached hydrogen (secondary N) is 1. The Kier molecular flexibility index (Phi) is 4.37. The lowest BCUT2D eigenvalue weighted by atomic mass is 10.2. The van der Waals surface area contributed by atoms with Gasteiger partial charge in [0.1, 0.15) is 10.7 Å². The van der Waals surface area contributed by atoms with E-state index in [9.17, 15) is 8.42 Å². The third-order valence-corrected chi connectivity index (χ3v) is 4.59. The summed E-state index contributed by atoms with van der Waals surface area (Å²) in [4.78, 5) is -0.0173. The molecule has 5 nitrogen and oxygen atoms in total. The Morgan fingerprint density at radius 1 is 1.40 bits per heavy atom. The zero-order valence-electron chi connectivity index (χ0n) is 10.8. The first kappa shape index (κ1) is 14.9. The van der Waals surface area contributed by atoms with E-state index in [1.54, 1.807) is 31.4 Å². The summed E-state index contributed by atoms with van der Waals surface area (Å²) in [5, 5.41) is 0.318. The first-order valence-electron chi connectivity index (χ1n) is 5.98. The molecule has 1 heterocycles. The zero-order valence-corrected chi connectivity index (χ0v) is 12.4. The number of rotatable bonds is 5. The number of anilines is 1. The molecule has 1 unspecified atom stereocenters. The van der Waals surface area contributed by atoms with Gasteiger partial charge in [0.2, 0.25) is 10.0 Å². The number of sulfonamides is 1. The van der Waals surface area contributed by atoms with Crippen molar-refractivity contribution in [1.82, 2.24) is 4.72 Å². The van der Waals surface area contributed by atoms with Crippen molar-refractivity contribution in [3.63, 3.8) is 0 Å². The first-order chi connectivity index (χ1) is 9.38. The molecule has 0 spiro atoms. The average molecular weight is 315 g/mol. The van der Waals surface area contributed by atoms with Crippen molar-refractivity contribution in [3.8, 4) is 0 Å². The van der Waals surface area contributed by atoms with Gasteiger partial charge >= 0.3 is 0 Å². The second-order valence-corrected chi connectivity index (χ2v) is 6.61. The van der Waals surface area contributed by atoms with Gasteiger partial charge in [-0.15, -0.1) is 0 Å². The van der Waals surface area contributed by atoms with Crippen LogP contribution in [0.3, 0.4) is 0 Å². The maximum atomic E-state index is 12.3. The highest BCUT2D eigenvalue weighted by atomic mass is 35.5. The number of hydrogen-bond donors (Lipinski definition) is 2. The van der Waals surface area contributed by atoms with E-state index in [1.165, 1.54) is 12.1 Å². The van der Waals surface area contributed by atoms with Crippen molar-refractivity contribution in [2.75, 3.05) is 5.73 Å². The minimum atomic E-state index is -3.72. The molecule has 108 valence electrons. The first-order valence-corrected chi connectivity index (χ1v) is 7.84. The Hall–Kier alpha value is -1.50. The molecule has 0 radical (unpaired) electrons. The van der Waals surface area contributed by atoms with Gasteiger partial charge in [-0.25, -0.2) is 13.1 Å². The Balaban J connectivity index is 2.16. The summed E-state index contributed by atoms with van der Waals surface area (Å²) in [6.07, 6.45) is 2.00. The molecule has 0 saturated heterocycles. The molecule has 2 aromatic rings. The fraction of sp³-hybridized carbons (Fsp3) is 0.231. The van der Waals surface area contributed by atoms with Crippen LogP contribution in [-0.4, -0.2) is 14.5 Å². The zero-order chi connectivity index (χ0) is 14.8. The van der Waals surface area contributed by atoms with E-state index in [4.69, 9.17) is 21.8 Å². The summed E-state index contributed by atoms with van der Waals surface area (Å²) < 4.78 is 32.3. The van der Waals surface area contributed by atoms with Gasteiger partial charge in [0.25, 0.3) is 0 Å². The molecule has 1 atom stereocenters. The third-order valence-electron chi connectivity index (χ3n) is 2.71. The SMILES string of the molecule is CC(Cc1ccco1)NS(=O)(=O)c1cc(Cl)ccc1N. The lowest BCUT2D eigenvalue weighted by Crippen LogP contribution is -2.34. The molecule has 1 aromatic carbocycles. The van der Waals surface area contributed by atoms with Crippen LogP contribution in [0.1, 0.15) is 12.7 Å². The molecular weight excluding hydrogens is 300 g/mol. The number of hydrogen-bond acceptors (Lipinski definition) is 4. The number of benzene rings is 1. The van der Waals surface area contributed by atoms with Crippen molar-refractivity contribution >= 4 is 27.3 Å². The van der Waals surface area contributed by atoms with Gasteiger partial charge < -0.3 is 10.2 Å². The Labute approximate surface area is 122 Å². The second-order valence-electron chi connectivity index (χ2n) is 4.49.